The zero-order valence-electron chi connectivity index (χ0n) is 14.5. The Bertz CT molecular complexity index is 478. The lowest BCUT2D eigenvalue weighted by molar-refractivity contribution is -0.0776. The fourth-order valence-electron chi connectivity index (χ4n) is 3.97. The van der Waals surface area contributed by atoms with Crippen molar-refractivity contribution < 1.29 is 4.74 Å². The van der Waals surface area contributed by atoms with Crippen molar-refractivity contribution >= 4 is 0 Å². The van der Waals surface area contributed by atoms with Crippen LogP contribution in [0, 0.1) is 12.8 Å². The van der Waals surface area contributed by atoms with Crippen LogP contribution in [0.4, 0.5) is 0 Å². The van der Waals surface area contributed by atoms with Gasteiger partial charge >= 0.3 is 0 Å². The summed E-state index contributed by atoms with van der Waals surface area (Å²) in [5.74, 6) is 0.558. The zero-order valence-corrected chi connectivity index (χ0v) is 14.5. The van der Waals surface area contributed by atoms with E-state index < -0.39 is 0 Å². The largest absolute Gasteiger partial charge is 0.369 e. The Hall–Kier alpha value is -0.860. The van der Waals surface area contributed by atoms with E-state index >= 15 is 0 Å². The summed E-state index contributed by atoms with van der Waals surface area (Å²) >= 11 is 0. The van der Waals surface area contributed by atoms with Gasteiger partial charge in [-0.05, 0) is 66.5 Å². The summed E-state index contributed by atoms with van der Waals surface area (Å²) in [5.41, 5.74) is 2.72. The maximum absolute atomic E-state index is 6.26. The minimum atomic E-state index is -0.0518. The van der Waals surface area contributed by atoms with Crippen LogP contribution in [0.3, 0.4) is 0 Å². The van der Waals surface area contributed by atoms with Crippen molar-refractivity contribution in [3.05, 3.63) is 35.4 Å². The molecule has 0 bridgehead atoms. The van der Waals surface area contributed by atoms with E-state index in [-0.39, 0.29) is 11.2 Å². The molecular weight excluding hydrogens is 258 g/mol. The molecule has 0 saturated carbocycles. The van der Waals surface area contributed by atoms with Crippen molar-refractivity contribution in [1.82, 2.24) is 5.32 Å². The van der Waals surface area contributed by atoms with Crippen LogP contribution in [0.1, 0.15) is 51.7 Å². The molecule has 2 atom stereocenters. The Morgan fingerprint density at radius 3 is 2.52 bits per heavy atom. The average molecular weight is 289 g/mol. The highest BCUT2D eigenvalue weighted by molar-refractivity contribution is 5.22. The van der Waals surface area contributed by atoms with Gasteiger partial charge in [0.05, 0.1) is 11.2 Å². The monoisotopic (exact) mass is 289 g/mol. The number of ether oxygens (including phenoxy) is 1. The molecule has 1 N–H and O–H groups in total. The van der Waals surface area contributed by atoms with Crippen LogP contribution in [0.5, 0.6) is 0 Å². The van der Waals surface area contributed by atoms with Crippen molar-refractivity contribution in [1.29, 1.82) is 0 Å². The predicted octanol–water partition coefficient (Wildman–Crippen LogP) is 4.11. The van der Waals surface area contributed by atoms with Gasteiger partial charge in [0, 0.05) is 12.0 Å². The quantitative estimate of drug-likeness (QED) is 0.881. The van der Waals surface area contributed by atoms with Crippen LogP contribution in [-0.4, -0.2) is 24.3 Å². The van der Waals surface area contributed by atoms with Crippen LogP contribution in [0.15, 0.2) is 24.3 Å². The van der Waals surface area contributed by atoms with Crippen LogP contribution < -0.4 is 5.32 Å². The van der Waals surface area contributed by atoms with Crippen LogP contribution in [-0.2, 0) is 11.2 Å². The zero-order chi connectivity index (χ0) is 15.7. The lowest BCUT2D eigenvalue weighted by atomic mass is 9.79. The third kappa shape index (κ3) is 4.08. The Balaban J connectivity index is 2.03. The first-order chi connectivity index (χ1) is 9.73. The second kappa shape index (κ2) is 6.10. The molecular formula is C19H31NO. The third-order valence-corrected chi connectivity index (χ3v) is 4.83. The number of aryl methyl sites for hydroxylation is 2. The molecule has 1 fully saturated rings. The number of benzene rings is 1. The van der Waals surface area contributed by atoms with E-state index in [9.17, 15) is 0 Å². The first-order valence-corrected chi connectivity index (χ1v) is 8.16. The fourth-order valence-corrected chi connectivity index (χ4v) is 3.97. The highest BCUT2D eigenvalue weighted by atomic mass is 16.5. The first kappa shape index (κ1) is 16.5. The Morgan fingerprint density at radius 2 is 2.00 bits per heavy atom. The molecule has 0 aliphatic carbocycles. The molecule has 118 valence electrons. The lowest BCUT2D eigenvalue weighted by Gasteiger charge is -2.33. The van der Waals surface area contributed by atoms with E-state index in [4.69, 9.17) is 4.74 Å². The second-order valence-electron chi connectivity index (χ2n) is 7.70. The highest BCUT2D eigenvalue weighted by Crippen LogP contribution is 2.44. The summed E-state index contributed by atoms with van der Waals surface area (Å²) < 4.78 is 6.26. The van der Waals surface area contributed by atoms with E-state index in [1.807, 2.05) is 0 Å². The van der Waals surface area contributed by atoms with Crippen LogP contribution >= 0.6 is 0 Å². The first-order valence-electron chi connectivity index (χ1n) is 8.16. The van der Waals surface area contributed by atoms with Gasteiger partial charge in [0.15, 0.2) is 0 Å². The van der Waals surface area contributed by atoms with Gasteiger partial charge in [-0.15, -0.1) is 0 Å². The molecule has 2 unspecified atom stereocenters. The molecule has 2 heteroatoms. The number of hydrogen-bond donors (Lipinski definition) is 1. The molecule has 1 aliphatic rings. The van der Waals surface area contributed by atoms with Gasteiger partial charge in [0.1, 0.15) is 0 Å². The Kier molecular flexibility index (Phi) is 4.79. The van der Waals surface area contributed by atoms with E-state index in [1.165, 1.54) is 11.1 Å². The van der Waals surface area contributed by atoms with E-state index in [1.54, 1.807) is 0 Å². The van der Waals surface area contributed by atoms with Crippen molar-refractivity contribution in [2.24, 2.45) is 5.92 Å². The third-order valence-electron chi connectivity index (χ3n) is 4.83. The maximum Gasteiger partial charge on any atom is 0.0677 e. The van der Waals surface area contributed by atoms with E-state index in [0.717, 1.165) is 19.3 Å². The Morgan fingerprint density at radius 1 is 1.29 bits per heavy atom. The molecule has 1 aromatic rings. The van der Waals surface area contributed by atoms with Gasteiger partial charge in [-0.1, -0.05) is 29.8 Å². The van der Waals surface area contributed by atoms with Crippen LogP contribution in [0.2, 0.25) is 0 Å². The smallest absolute Gasteiger partial charge is 0.0677 e. The molecule has 0 aromatic heterocycles. The summed E-state index contributed by atoms with van der Waals surface area (Å²) in [7, 11) is 2.09. The molecule has 1 saturated heterocycles. The summed E-state index contributed by atoms with van der Waals surface area (Å²) in [6, 6.07) is 9.36. The molecule has 21 heavy (non-hydrogen) atoms. The van der Waals surface area contributed by atoms with Gasteiger partial charge in [0.2, 0.25) is 0 Å². The SMILES string of the molecule is CNC(CCc1cccc(C)c1)C1CC(C)(C)OC1(C)C. The lowest BCUT2D eigenvalue weighted by Crippen LogP contribution is -2.43. The normalized spacial score (nSPS) is 25.0. The number of nitrogens with one attached hydrogen (secondary N) is 1. The molecule has 2 rings (SSSR count). The summed E-state index contributed by atoms with van der Waals surface area (Å²) in [6.45, 7) is 11.1. The summed E-state index contributed by atoms with van der Waals surface area (Å²) in [6.07, 6.45) is 3.41. The molecule has 0 spiro atoms. The molecule has 1 aromatic carbocycles. The molecule has 0 amide bonds. The topological polar surface area (TPSA) is 21.3 Å². The number of hydrogen-bond acceptors (Lipinski definition) is 2. The van der Waals surface area contributed by atoms with Crippen LogP contribution in [0.25, 0.3) is 0 Å². The van der Waals surface area contributed by atoms with Gasteiger partial charge in [-0.25, -0.2) is 0 Å². The maximum atomic E-state index is 6.26. The van der Waals surface area contributed by atoms with Crippen molar-refractivity contribution in [3.63, 3.8) is 0 Å². The number of rotatable bonds is 5. The van der Waals surface area contributed by atoms with Gasteiger partial charge in [-0.3, -0.25) is 0 Å². The molecule has 1 heterocycles. The van der Waals surface area contributed by atoms with Crippen molar-refractivity contribution in [2.45, 2.75) is 71.1 Å². The average Bonchev–Trinajstić information content (AvgIpc) is 2.58. The van der Waals surface area contributed by atoms with Crippen molar-refractivity contribution in [2.75, 3.05) is 7.05 Å². The fraction of sp³-hybridized carbons (Fsp3) is 0.684. The summed E-state index contributed by atoms with van der Waals surface area (Å²) in [5, 5.41) is 3.54. The minimum absolute atomic E-state index is 0.00734. The van der Waals surface area contributed by atoms with E-state index in [0.29, 0.717) is 12.0 Å². The predicted molar refractivity (Wildman–Crippen MR) is 89.7 cm³/mol. The van der Waals surface area contributed by atoms with Gasteiger partial charge in [-0.2, -0.15) is 0 Å². The molecule has 1 aliphatic heterocycles. The Labute approximate surface area is 130 Å². The van der Waals surface area contributed by atoms with Gasteiger partial charge in [0.25, 0.3) is 0 Å². The standard InChI is InChI=1S/C19H31NO/c1-14-8-7-9-15(12-14)10-11-17(20-6)16-13-18(2,3)21-19(16,4)5/h7-9,12,16-17,20H,10-11,13H2,1-6H3. The highest BCUT2D eigenvalue weighted by Gasteiger charge is 2.48. The van der Waals surface area contributed by atoms with Crippen molar-refractivity contribution in [3.8, 4) is 0 Å². The minimum Gasteiger partial charge on any atom is -0.369 e. The second-order valence-corrected chi connectivity index (χ2v) is 7.70. The molecule has 0 radical (unpaired) electrons. The van der Waals surface area contributed by atoms with Gasteiger partial charge < -0.3 is 10.1 Å². The molecule has 2 nitrogen and oxygen atoms in total. The summed E-state index contributed by atoms with van der Waals surface area (Å²) in [4.78, 5) is 0. The van der Waals surface area contributed by atoms with E-state index in [2.05, 4.69) is 71.2 Å².